The summed E-state index contributed by atoms with van der Waals surface area (Å²) in [5.74, 6) is 1.23. The van der Waals surface area contributed by atoms with Gasteiger partial charge in [0.2, 0.25) is 5.91 Å². The van der Waals surface area contributed by atoms with Crippen LogP contribution in [0, 0.1) is 0 Å². The predicted molar refractivity (Wildman–Crippen MR) is 83.7 cm³/mol. The molecule has 5 nitrogen and oxygen atoms in total. The molecule has 0 radical (unpaired) electrons. The molecule has 0 aliphatic heterocycles. The molecule has 5 heteroatoms. The van der Waals surface area contributed by atoms with Gasteiger partial charge in [-0.2, -0.15) is 0 Å². The van der Waals surface area contributed by atoms with Crippen molar-refractivity contribution in [3.05, 3.63) is 60.1 Å². The van der Waals surface area contributed by atoms with E-state index in [0.29, 0.717) is 12.4 Å². The molecule has 0 saturated carbocycles. The van der Waals surface area contributed by atoms with E-state index in [0.717, 1.165) is 11.4 Å². The maximum Gasteiger partial charge on any atom is 0.244 e. The van der Waals surface area contributed by atoms with Gasteiger partial charge < -0.3 is 10.2 Å². The number of hydrogen-bond acceptors (Lipinski definition) is 4. The molecule has 1 aromatic heterocycles. The summed E-state index contributed by atoms with van der Waals surface area (Å²) in [6.45, 7) is 0.305. The van der Waals surface area contributed by atoms with E-state index < -0.39 is 0 Å². The highest BCUT2D eigenvalue weighted by atomic mass is 16.1. The molecule has 0 bridgehead atoms. The zero-order valence-corrected chi connectivity index (χ0v) is 12.2. The third-order valence-electron chi connectivity index (χ3n) is 2.80. The van der Waals surface area contributed by atoms with E-state index in [-0.39, 0.29) is 5.91 Å². The Labute approximate surface area is 124 Å². The van der Waals surface area contributed by atoms with Crippen LogP contribution in [-0.2, 0) is 11.3 Å². The van der Waals surface area contributed by atoms with Crippen LogP contribution in [0.3, 0.4) is 0 Å². The molecule has 1 amide bonds. The van der Waals surface area contributed by atoms with Crippen LogP contribution < -0.4 is 10.2 Å². The van der Waals surface area contributed by atoms with Crippen molar-refractivity contribution in [1.82, 2.24) is 15.3 Å². The van der Waals surface area contributed by atoms with E-state index in [2.05, 4.69) is 15.3 Å². The van der Waals surface area contributed by atoms with Crippen molar-refractivity contribution < 1.29 is 4.79 Å². The Morgan fingerprint density at radius 3 is 2.71 bits per heavy atom. The first-order valence-corrected chi connectivity index (χ1v) is 6.65. The lowest BCUT2D eigenvalue weighted by Gasteiger charge is -2.11. The number of carbonyl (C=O) groups is 1. The monoisotopic (exact) mass is 282 g/mol. The summed E-state index contributed by atoms with van der Waals surface area (Å²) in [5.41, 5.74) is 0.985. The number of benzene rings is 1. The van der Waals surface area contributed by atoms with Gasteiger partial charge in [-0.05, 0) is 17.7 Å². The lowest BCUT2D eigenvalue weighted by Crippen LogP contribution is -2.22. The maximum atomic E-state index is 11.7. The number of nitrogens with zero attached hydrogens (tertiary/aromatic N) is 3. The number of hydrogen-bond donors (Lipinski definition) is 1. The summed E-state index contributed by atoms with van der Waals surface area (Å²) in [7, 11) is 3.82. The number of anilines is 1. The second-order valence-electron chi connectivity index (χ2n) is 4.69. The largest absolute Gasteiger partial charge is 0.363 e. The predicted octanol–water partition coefficient (Wildman–Crippen LogP) is 1.87. The topological polar surface area (TPSA) is 58.1 Å². The number of nitrogens with one attached hydrogen (secondary N) is 1. The lowest BCUT2D eigenvalue weighted by atomic mass is 10.2. The number of carbonyl (C=O) groups excluding carboxylic acids is 1. The van der Waals surface area contributed by atoms with Gasteiger partial charge in [0.05, 0.1) is 6.54 Å². The van der Waals surface area contributed by atoms with Crippen molar-refractivity contribution in [2.45, 2.75) is 6.54 Å². The normalized spacial score (nSPS) is 10.6. The van der Waals surface area contributed by atoms with Gasteiger partial charge >= 0.3 is 0 Å². The summed E-state index contributed by atoms with van der Waals surface area (Å²) in [6, 6.07) is 11.5. The number of amides is 1. The van der Waals surface area contributed by atoms with E-state index in [1.807, 2.05) is 55.4 Å². The van der Waals surface area contributed by atoms with E-state index >= 15 is 0 Å². The zero-order chi connectivity index (χ0) is 15.1. The van der Waals surface area contributed by atoms with Gasteiger partial charge in [-0.25, -0.2) is 9.97 Å². The fourth-order valence-corrected chi connectivity index (χ4v) is 1.68. The smallest absolute Gasteiger partial charge is 0.244 e. The van der Waals surface area contributed by atoms with Gasteiger partial charge in [-0.1, -0.05) is 30.3 Å². The Morgan fingerprint density at radius 1 is 1.24 bits per heavy atom. The molecule has 1 N–H and O–H groups in total. The first-order chi connectivity index (χ1) is 10.1. The molecular formula is C16H18N4O. The van der Waals surface area contributed by atoms with Crippen LogP contribution in [0.15, 0.2) is 48.7 Å². The van der Waals surface area contributed by atoms with E-state index in [4.69, 9.17) is 0 Å². The standard InChI is InChI=1S/C16H18N4O/c1-20(2)15-10-11-17-14(19-15)12-18-16(21)9-8-13-6-4-3-5-7-13/h3-11H,12H2,1-2H3,(H,18,21)/b9-8+. The fourth-order valence-electron chi connectivity index (χ4n) is 1.68. The highest BCUT2D eigenvalue weighted by Crippen LogP contribution is 2.05. The van der Waals surface area contributed by atoms with Gasteiger partial charge in [-0.3, -0.25) is 4.79 Å². The molecule has 21 heavy (non-hydrogen) atoms. The molecule has 2 rings (SSSR count). The number of rotatable bonds is 5. The summed E-state index contributed by atoms with van der Waals surface area (Å²) in [4.78, 5) is 22.1. The van der Waals surface area contributed by atoms with Crippen LogP contribution in [0.4, 0.5) is 5.82 Å². The second-order valence-corrected chi connectivity index (χ2v) is 4.69. The van der Waals surface area contributed by atoms with Crippen molar-refractivity contribution in [1.29, 1.82) is 0 Å². The highest BCUT2D eigenvalue weighted by Gasteiger charge is 2.02. The summed E-state index contributed by atoms with van der Waals surface area (Å²) in [5, 5.41) is 2.77. The molecule has 0 atom stereocenters. The Bertz CT molecular complexity index is 623. The summed E-state index contributed by atoms with van der Waals surface area (Å²) in [6.07, 6.45) is 4.96. The van der Waals surface area contributed by atoms with Gasteiger partial charge in [0.25, 0.3) is 0 Å². The van der Waals surface area contributed by atoms with Crippen molar-refractivity contribution in [2.24, 2.45) is 0 Å². The molecule has 0 spiro atoms. The zero-order valence-electron chi connectivity index (χ0n) is 12.2. The summed E-state index contributed by atoms with van der Waals surface area (Å²) < 4.78 is 0. The lowest BCUT2D eigenvalue weighted by molar-refractivity contribution is -0.116. The van der Waals surface area contributed by atoms with E-state index in [1.165, 1.54) is 6.08 Å². The molecule has 0 unspecified atom stereocenters. The molecule has 2 aromatic rings. The van der Waals surface area contributed by atoms with Crippen LogP contribution in [0.1, 0.15) is 11.4 Å². The molecule has 108 valence electrons. The minimum absolute atomic E-state index is 0.169. The van der Waals surface area contributed by atoms with Crippen LogP contribution in [0.2, 0.25) is 0 Å². The van der Waals surface area contributed by atoms with Gasteiger partial charge in [-0.15, -0.1) is 0 Å². The first-order valence-electron chi connectivity index (χ1n) is 6.65. The molecule has 1 aromatic carbocycles. The quantitative estimate of drug-likeness (QED) is 0.851. The van der Waals surface area contributed by atoms with Crippen LogP contribution in [0.5, 0.6) is 0 Å². The molecule has 0 fully saturated rings. The van der Waals surface area contributed by atoms with Crippen molar-refractivity contribution >= 4 is 17.8 Å². The minimum Gasteiger partial charge on any atom is -0.363 e. The average molecular weight is 282 g/mol. The third-order valence-corrected chi connectivity index (χ3v) is 2.80. The second kappa shape index (κ2) is 7.19. The molecule has 0 saturated heterocycles. The van der Waals surface area contributed by atoms with Crippen molar-refractivity contribution in [3.8, 4) is 0 Å². The fraction of sp³-hybridized carbons (Fsp3) is 0.188. The SMILES string of the molecule is CN(C)c1ccnc(CNC(=O)/C=C/c2ccccc2)n1. The Balaban J connectivity index is 1.89. The molecular weight excluding hydrogens is 264 g/mol. The summed E-state index contributed by atoms with van der Waals surface area (Å²) >= 11 is 0. The Morgan fingerprint density at radius 2 is 2.00 bits per heavy atom. The van der Waals surface area contributed by atoms with Crippen molar-refractivity contribution in [2.75, 3.05) is 19.0 Å². The minimum atomic E-state index is -0.169. The van der Waals surface area contributed by atoms with Gasteiger partial charge in [0.15, 0.2) is 0 Å². The van der Waals surface area contributed by atoms with E-state index in [1.54, 1.807) is 12.3 Å². The Kier molecular flexibility index (Phi) is 5.04. The third kappa shape index (κ3) is 4.72. The first kappa shape index (κ1) is 14.7. The molecule has 1 heterocycles. The van der Waals surface area contributed by atoms with Gasteiger partial charge in [0.1, 0.15) is 11.6 Å². The van der Waals surface area contributed by atoms with Crippen molar-refractivity contribution in [3.63, 3.8) is 0 Å². The molecule has 0 aliphatic carbocycles. The van der Waals surface area contributed by atoms with Crippen LogP contribution in [-0.4, -0.2) is 30.0 Å². The van der Waals surface area contributed by atoms with Gasteiger partial charge in [0, 0.05) is 26.4 Å². The molecule has 0 aliphatic rings. The van der Waals surface area contributed by atoms with E-state index in [9.17, 15) is 4.79 Å². The maximum absolute atomic E-state index is 11.7. The van der Waals surface area contributed by atoms with Crippen LogP contribution in [0.25, 0.3) is 6.08 Å². The van der Waals surface area contributed by atoms with Crippen LogP contribution >= 0.6 is 0 Å². The average Bonchev–Trinajstić information content (AvgIpc) is 2.52. The Hall–Kier alpha value is -2.69. The number of aromatic nitrogens is 2. The highest BCUT2D eigenvalue weighted by molar-refractivity contribution is 5.91.